The average Bonchev–Trinajstić information content (AvgIpc) is 3.69. The number of anilines is 3. The minimum absolute atomic E-state index is 0.0300. The highest BCUT2D eigenvalue weighted by Crippen LogP contribution is 2.30. The minimum atomic E-state index is -0.192. The highest BCUT2D eigenvalue weighted by molar-refractivity contribution is 5.91. The summed E-state index contributed by atoms with van der Waals surface area (Å²) < 4.78 is 1.74. The first-order valence-electron chi connectivity index (χ1n) is 15.1. The summed E-state index contributed by atoms with van der Waals surface area (Å²) in [6, 6.07) is 15.5. The van der Waals surface area contributed by atoms with E-state index in [1.807, 2.05) is 55.7 Å². The first-order valence-corrected chi connectivity index (χ1v) is 15.1. The second-order valence-corrected chi connectivity index (χ2v) is 11.4. The van der Waals surface area contributed by atoms with E-state index in [4.69, 9.17) is 4.98 Å². The third-order valence-corrected chi connectivity index (χ3v) is 8.16. The lowest BCUT2D eigenvalue weighted by molar-refractivity contribution is -0.119. The van der Waals surface area contributed by atoms with Gasteiger partial charge in [0.2, 0.25) is 11.9 Å². The van der Waals surface area contributed by atoms with Crippen LogP contribution in [0.2, 0.25) is 0 Å². The van der Waals surface area contributed by atoms with Crippen molar-refractivity contribution in [3.63, 3.8) is 0 Å². The molecule has 0 spiro atoms. The fraction of sp³-hybridized carbons (Fsp3) is 0.344. The van der Waals surface area contributed by atoms with Crippen LogP contribution in [0.25, 0.3) is 11.1 Å². The number of nitrogens with one attached hydrogen (secondary N) is 4. The van der Waals surface area contributed by atoms with Crippen molar-refractivity contribution >= 4 is 29.5 Å². The Labute approximate surface area is 261 Å². The van der Waals surface area contributed by atoms with Gasteiger partial charge in [0.25, 0.3) is 0 Å². The molecule has 1 unspecified atom stereocenters. The van der Waals surface area contributed by atoms with E-state index in [1.54, 1.807) is 22.0 Å². The molecule has 4 N–H and O–H groups in total. The summed E-state index contributed by atoms with van der Waals surface area (Å²) in [6.45, 7) is 0.898. The van der Waals surface area contributed by atoms with Crippen LogP contribution in [0.1, 0.15) is 43.2 Å². The molecule has 0 radical (unpaired) electrons. The van der Waals surface area contributed by atoms with Crippen LogP contribution in [-0.4, -0.2) is 61.3 Å². The highest BCUT2D eigenvalue weighted by Gasteiger charge is 2.31. The summed E-state index contributed by atoms with van der Waals surface area (Å²) in [7, 11) is 1.87. The van der Waals surface area contributed by atoms with Gasteiger partial charge in [-0.3, -0.25) is 14.4 Å². The lowest BCUT2D eigenvalue weighted by Gasteiger charge is -2.36. The van der Waals surface area contributed by atoms with Gasteiger partial charge in [-0.2, -0.15) is 15.3 Å². The van der Waals surface area contributed by atoms with Crippen molar-refractivity contribution in [1.29, 1.82) is 5.26 Å². The summed E-state index contributed by atoms with van der Waals surface area (Å²) in [5.41, 5.74) is 3.23. The van der Waals surface area contributed by atoms with Crippen LogP contribution >= 0.6 is 0 Å². The number of hydrogen-bond acceptors (Lipinski definition) is 9. The van der Waals surface area contributed by atoms with Gasteiger partial charge in [-0.05, 0) is 43.4 Å². The Morgan fingerprint density at radius 3 is 2.51 bits per heavy atom. The van der Waals surface area contributed by atoms with E-state index in [0.717, 1.165) is 42.4 Å². The van der Waals surface area contributed by atoms with Gasteiger partial charge >= 0.3 is 6.03 Å². The first kappa shape index (κ1) is 29.6. The van der Waals surface area contributed by atoms with Gasteiger partial charge in [0, 0.05) is 62.2 Å². The molecule has 6 rings (SSSR count). The van der Waals surface area contributed by atoms with Gasteiger partial charge in [-0.25, -0.2) is 14.8 Å². The molecule has 2 aliphatic rings. The van der Waals surface area contributed by atoms with Crippen molar-refractivity contribution < 1.29 is 9.59 Å². The van der Waals surface area contributed by atoms with Crippen LogP contribution in [0.4, 0.5) is 22.4 Å². The van der Waals surface area contributed by atoms with Gasteiger partial charge in [0.1, 0.15) is 23.3 Å². The maximum absolute atomic E-state index is 13.7. The van der Waals surface area contributed by atoms with Gasteiger partial charge in [0.05, 0.1) is 18.4 Å². The van der Waals surface area contributed by atoms with Gasteiger partial charge in [-0.15, -0.1) is 0 Å². The van der Waals surface area contributed by atoms with Crippen molar-refractivity contribution in [3.8, 4) is 17.2 Å². The third-order valence-electron chi connectivity index (χ3n) is 8.16. The molecule has 3 aromatic heterocycles. The Bertz CT molecular complexity index is 1680. The number of benzene rings is 1. The van der Waals surface area contributed by atoms with E-state index in [9.17, 15) is 14.9 Å². The number of hydrogen-bond donors (Lipinski definition) is 4. The number of amides is 3. The molecule has 1 saturated carbocycles. The summed E-state index contributed by atoms with van der Waals surface area (Å²) in [5.74, 6) is 1.39. The Morgan fingerprint density at radius 2 is 1.84 bits per heavy atom. The Kier molecular flexibility index (Phi) is 8.81. The van der Waals surface area contributed by atoms with E-state index in [2.05, 4.69) is 42.4 Å². The molecule has 1 aliphatic carbocycles. The Morgan fingerprint density at radius 1 is 1.02 bits per heavy atom. The number of nitriles is 1. The predicted molar refractivity (Wildman–Crippen MR) is 169 cm³/mol. The molecule has 4 heterocycles. The molecule has 3 amide bonds. The zero-order valence-corrected chi connectivity index (χ0v) is 25.0. The minimum Gasteiger partial charge on any atom is -0.364 e. The molecule has 1 aromatic carbocycles. The Balaban J connectivity index is 1.14. The number of carbonyl (C=O) groups is 2. The molecule has 230 valence electrons. The maximum atomic E-state index is 13.7. The van der Waals surface area contributed by atoms with Crippen LogP contribution in [0, 0.1) is 11.3 Å². The number of urea groups is 1. The molecule has 0 bridgehead atoms. The number of pyridine rings is 1. The quantitative estimate of drug-likeness (QED) is 0.223. The van der Waals surface area contributed by atoms with Crippen molar-refractivity contribution in [3.05, 3.63) is 78.4 Å². The van der Waals surface area contributed by atoms with Crippen LogP contribution in [0.5, 0.6) is 0 Å². The zero-order valence-electron chi connectivity index (χ0n) is 25.0. The maximum Gasteiger partial charge on any atom is 0.323 e. The molecular formula is C32H35N11O2. The number of aromatic nitrogens is 5. The van der Waals surface area contributed by atoms with Crippen molar-refractivity contribution in [1.82, 2.24) is 35.4 Å². The Hall–Kier alpha value is -5.51. The molecule has 1 aliphatic heterocycles. The summed E-state index contributed by atoms with van der Waals surface area (Å²) in [6.07, 6.45) is 10.4. The number of rotatable bonds is 9. The summed E-state index contributed by atoms with van der Waals surface area (Å²) >= 11 is 0. The molecule has 45 heavy (non-hydrogen) atoms. The lowest BCUT2D eigenvalue weighted by atomic mass is 9.90. The van der Waals surface area contributed by atoms with Gasteiger partial charge in [0.15, 0.2) is 0 Å². The second-order valence-electron chi connectivity index (χ2n) is 11.4. The van der Waals surface area contributed by atoms with Crippen LogP contribution in [-0.2, 0) is 18.4 Å². The van der Waals surface area contributed by atoms with Crippen molar-refractivity contribution in [2.45, 2.75) is 56.8 Å². The van der Waals surface area contributed by atoms with Gasteiger partial charge < -0.3 is 21.3 Å². The van der Waals surface area contributed by atoms with Crippen LogP contribution < -0.4 is 26.2 Å². The van der Waals surface area contributed by atoms with Crippen LogP contribution in [0.3, 0.4) is 0 Å². The third kappa shape index (κ3) is 7.18. The monoisotopic (exact) mass is 605 g/mol. The van der Waals surface area contributed by atoms with Gasteiger partial charge in [-0.1, -0.05) is 30.3 Å². The molecule has 13 nitrogen and oxygen atoms in total. The normalized spacial score (nSPS) is 19.3. The molecule has 13 heteroatoms. The average molecular weight is 606 g/mol. The molecular weight excluding hydrogens is 570 g/mol. The number of aryl methyl sites for hydroxylation is 1. The summed E-state index contributed by atoms with van der Waals surface area (Å²) in [5, 5.41) is 26.3. The highest BCUT2D eigenvalue weighted by atomic mass is 16.2. The fourth-order valence-electron chi connectivity index (χ4n) is 5.79. The second kappa shape index (κ2) is 13.4. The van der Waals surface area contributed by atoms with E-state index < -0.39 is 0 Å². The molecule has 1 atom stereocenters. The number of nitrogens with zero attached hydrogens (tertiary/aromatic N) is 7. The first-order chi connectivity index (χ1) is 21.9. The molecule has 1 saturated heterocycles. The molecule has 4 aromatic rings. The standard InChI is InChI=1S/C32H35N11O2/c1-42-20-24(18-38-42)22-7-12-28(34-16-22)43(32(45)37-15-21-5-3-2-4-6-21)27-10-8-25(9-11-27)40-31-36-17-23(14-33)30(41-31)39-26-13-29(44)35-19-26/h2-7,12,16-18,20,25-27H,8-11,13,15,19H2,1H3,(H,35,44)(H,37,45)(H2,36,39,40,41)/t25-,26?,27-. The number of carbonyl (C=O) groups excluding carboxylic acids is 2. The summed E-state index contributed by atoms with van der Waals surface area (Å²) in [4.78, 5) is 40.7. The van der Waals surface area contributed by atoms with E-state index in [1.165, 1.54) is 6.20 Å². The molecule has 2 fully saturated rings. The van der Waals surface area contributed by atoms with E-state index >= 15 is 0 Å². The smallest absolute Gasteiger partial charge is 0.323 e. The lowest BCUT2D eigenvalue weighted by Crippen LogP contribution is -2.49. The van der Waals surface area contributed by atoms with E-state index in [-0.39, 0.29) is 30.1 Å². The van der Waals surface area contributed by atoms with Crippen molar-refractivity contribution in [2.75, 3.05) is 22.1 Å². The largest absolute Gasteiger partial charge is 0.364 e. The topological polar surface area (TPSA) is 166 Å². The van der Waals surface area contributed by atoms with E-state index in [0.29, 0.717) is 42.7 Å². The van der Waals surface area contributed by atoms with Crippen LogP contribution in [0.15, 0.2) is 67.3 Å². The SMILES string of the molecule is Cn1cc(-c2ccc(N(C(=O)NCc3ccccc3)[C@H]3CC[C@H](Nc4ncc(C#N)c(NC5CNC(=O)C5)n4)CC3)nc2)cn1. The zero-order chi connectivity index (χ0) is 31.2. The fourth-order valence-corrected chi connectivity index (χ4v) is 5.79. The van der Waals surface area contributed by atoms with Crippen molar-refractivity contribution in [2.24, 2.45) is 7.05 Å². The predicted octanol–water partition coefficient (Wildman–Crippen LogP) is 3.58.